The highest BCUT2D eigenvalue weighted by Crippen LogP contribution is 2.41. The minimum atomic E-state index is -1.39. The van der Waals surface area contributed by atoms with Gasteiger partial charge >= 0.3 is 11.9 Å². The lowest BCUT2D eigenvalue weighted by Gasteiger charge is -2.48. The zero-order chi connectivity index (χ0) is 26.1. The largest absolute Gasteiger partial charge is 0.507 e. The minimum absolute atomic E-state index is 0.0150. The molecule has 2 aliphatic heterocycles. The van der Waals surface area contributed by atoms with E-state index < -0.39 is 64.0 Å². The van der Waals surface area contributed by atoms with E-state index in [0.717, 1.165) is 24.2 Å². The lowest BCUT2D eigenvalue weighted by atomic mass is 9.98. The highest BCUT2D eigenvalue weighted by Gasteiger charge is 2.54. The Morgan fingerprint density at radius 2 is 1.92 bits per heavy atom. The Morgan fingerprint density at radius 1 is 1.22 bits per heavy atom. The number of aliphatic carboxylic acids is 1. The smallest absolute Gasteiger partial charge is 0.353 e. The number of carboxylic acid groups (broad SMARTS) is 1. The number of thioether (sulfide) groups is 1. The fourth-order valence-electron chi connectivity index (χ4n) is 3.86. The van der Waals surface area contributed by atoms with Crippen LogP contribution in [0.25, 0.3) is 0 Å². The Kier molecular flexibility index (Phi) is 7.00. The van der Waals surface area contributed by atoms with Crippen molar-refractivity contribution in [1.29, 1.82) is 0 Å². The molecule has 3 atom stereocenters. The second-order valence-corrected chi connectivity index (χ2v) is 9.26. The van der Waals surface area contributed by atoms with Gasteiger partial charge in [-0.05, 0) is 17.7 Å². The second-order valence-electron chi connectivity index (χ2n) is 7.70. The molecule has 13 heteroatoms. The molecule has 0 aromatic heterocycles. The minimum Gasteiger partial charge on any atom is -0.507 e. The number of carboxylic acids is 1. The monoisotopic (exact) mass is 531 g/mol. The van der Waals surface area contributed by atoms with Gasteiger partial charge in [-0.15, -0.1) is 11.8 Å². The number of fused-ring (bicyclic) bond motifs is 1. The van der Waals surface area contributed by atoms with Crippen molar-refractivity contribution in [2.24, 2.45) is 4.99 Å². The maximum absolute atomic E-state index is 13.4. The summed E-state index contributed by atoms with van der Waals surface area (Å²) in [5.74, 6) is -4.98. The normalized spacial score (nSPS) is 23.3. The number of nitrogens with zero attached hydrogens (tertiary/aromatic N) is 2. The third-order valence-electron chi connectivity index (χ3n) is 5.55. The van der Waals surface area contributed by atoms with Crippen molar-refractivity contribution >= 4 is 58.6 Å². The fraction of sp³-hybridized carbons (Fsp3) is 0.217. The number of carbonyl (C=O) groups excluding carboxylic acids is 4. The summed E-state index contributed by atoms with van der Waals surface area (Å²) in [6, 6.07) is 5.62. The van der Waals surface area contributed by atoms with Crippen molar-refractivity contribution in [2.45, 2.75) is 17.5 Å². The van der Waals surface area contributed by atoms with Crippen LogP contribution in [0.15, 0.2) is 69.5 Å². The first kappa shape index (κ1) is 25.2. The fourth-order valence-corrected chi connectivity index (χ4v) is 5.41. The first-order valence-electron chi connectivity index (χ1n) is 10.4. The van der Waals surface area contributed by atoms with Gasteiger partial charge in [0.25, 0.3) is 5.91 Å². The molecular formula is C23H18ClN3O8S. The van der Waals surface area contributed by atoms with E-state index in [9.17, 15) is 34.2 Å². The molecule has 186 valence electrons. The molecule has 0 spiro atoms. The molecule has 0 saturated carbocycles. The molecule has 2 amide bonds. The molecule has 3 aliphatic rings. The van der Waals surface area contributed by atoms with Crippen LogP contribution in [-0.2, 0) is 28.7 Å². The SMILES string of the molecule is COC(=O)C1=C(O)C=CC(=O)C1=N[C@@H](C(=O)N[C@@H]1C(=O)N2C(C(=O)O)=C(Cl)CS[C@H]12)c1ccccc1. The number of ketones is 1. The van der Waals surface area contributed by atoms with Gasteiger partial charge < -0.3 is 20.3 Å². The number of methoxy groups -OCH3 is 1. The van der Waals surface area contributed by atoms with Gasteiger partial charge in [-0.3, -0.25) is 24.3 Å². The Hall–Kier alpha value is -3.90. The van der Waals surface area contributed by atoms with Crippen LogP contribution in [0.3, 0.4) is 0 Å². The van der Waals surface area contributed by atoms with Crippen LogP contribution in [-0.4, -0.2) is 74.6 Å². The summed E-state index contributed by atoms with van der Waals surface area (Å²) in [7, 11) is 1.06. The van der Waals surface area contributed by atoms with Gasteiger partial charge in [-0.2, -0.15) is 0 Å². The first-order chi connectivity index (χ1) is 17.1. The average molecular weight is 532 g/mol. The zero-order valence-electron chi connectivity index (χ0n) is 18.5. The molecule has 1 saturated heterocycles. The topological polar surface area (TPSA) is 163 Å². The van der Waals surface area contributed by atoms with Crippen LogP contribution in [0.1, 0.15) is 11.6 Å². The van der Waals surface area contributed by atoms with Gasteiger partial charge in [-0.1, -0.05) is 41.9 Å². The van der Waals surface area contributed by atoms with Gasteiger partial charge in [0.05, 0.1) is 12.1 Å². The van der Waals surface area contributed by atoms with Crippen LogP contribution < -0.4 is 5.32 Å². The van der Waals surface area contributed by atoms with E-state index >= 15 is 0 Å². The Morgan fingerprint density at radius 3 is 2.56 bits per heavy atom. The molecule has 0 radical (unpaired) electrons. The molecule has 1 aromatic rings. The van der Waals surface area contributed by atoms with E-state index in [2.05, 4.69) is 15.0 Å². The molecule has 0 unspecified atom stereocenters. The number of benzene rings is 1. The number of esters is 1. The lowest BCUT2D eigenvalue weighted by molar-refractivity contribution is -0.150. The quantitative estimate of drug-likeness (QED) is 0.278. The molecule has 0 bridgehead atoms. The summed E-state index contributed by atoms with van der Waals surface area (Å²) >= 11 is 7.17. The number of β-lactam (4-membered cyclic amide) rings is 1. The number of ether oxygens (including phenoxy) is 1. The zero-order valence-corrected chi connectivity index (χ0v) is 20.1. The van der Waals surface area contributed by atoms with Gasteiger partial charge in [0.15, 0.2) is 6.04 Å². The second kappa shape index (κ2) is 9.99. The maximum Gasteiger partial charge on any atom is 0.353 e. The van der Waals surface area contributed by atoms with Gasteiger partial charge in [0.2, 0.25) is 11.7 Å². The van der Waals surface area contributed by atoms with Crippen LogP contribution >= 0.6 is 23.4 Å². The number of aliphatic imine (C=N–C) groups is 1. The lowest BCUT2D eigenvalue weighted by Crippen LogP contribution is -2.70. The first-order valence-corrected chi connectivity index (χ1v) is 11.8. The molecule has 1 aliphatic carbocycles. The molecule has 4 rings (SSSR count). The van der Waals surface area contributed by atoms with Crippen molar-refractivity contribution in [3.63, 3.8) is 0 Å². The number of rotatable bonds is 6. The Balaban J connectivity index is 1.67. The summed E-state index contributed by atoms with van der Waals surface area (Å²) in [6.07, 6.45) is 2.02. The Labute approximate surface area is 213 Å². The van der Waals surface area contributed by atoms with E-state index in [0.29, 0.717) is 5.56 Å². The highest BCUT2D eigenvalue weighted by molar-refractivity contribution is 8.00. The summed E-state index contributed by atoms with van der Waals surface area (Å²) in [5.41, 5.74) is -0.984. The molecule has 2 heterocycles. The number of nitrogens with one attached hydrogen (secondary N) is 1. The Bertz CT molecular complexity index is 1300. The highest BCUT2D eigenvalue weighted by atomic mass is 35.5. The number of hydrogen-bond donors (Lipinski definition) is 3. The van der Waals surface area contributed by atoms with Crippen molar-refractivity contribution in [3.05, 3.63) is 70.1 Å². The third kappa shape index (κ3) is 4.40. The number of aliphatic hydroxyl groups is 1. The molecule has 3 N–H and O–H groups in total. The van der Waals surface area contributed by atoms with Crippen LogP contribution in [0.5, 0.6) is 0 Å². The molecule has 1 fully saturated rings. The number of hydrogen-bond acceptors (Lipinski definition) is 9. The van der Waals surface area contributed by atoms with E-state index in [-0.39, 0.29) is 16.5 Å². The molecular weight excluding hydrogens is 514 g/mol. The number of allylic oxidation sites excluding steroid dienone is 2. The van der Waals surface area contributed by atoms with Gasteiger partial charge in [0.1, 0.15) is 34.2 Å². The number of amides is 2. The van der Waals surface area contributed by atoms with Gasteiger partial charge in [-0.25, -0.2) is 9.59 Å². The van der Waals surface area contributed by atoms with Crippen molar-refractivity contribution in [2.75, 3.05) is 12.9 Å². The third-order valence-corrected chi connectivity index (χ3v) is 7.30. The van der Waals surface area contributed by atoms with Crippen molar-refractivity contribution in [3.8, 4) is 0 Å². The molecule has 11 nitrogen and oxygen atoms in total. The van der Waals surface area contributed by atoms with Crippen LogP contribution in [0.2, 0.25) is 0 Å². The summed E-state index contributed by atoms with van der Waals surface area (Å²) in [6.45, 7) is 0. The predicted octanol–water partition coefficient (Wildman–Crippen LogP) is 1.23. The predicted molar refractivity (Wildman–Crippen MR) is 128 cm³/mol. The number of aliphatic hydroxyl groups excluding tert-OH is 1. The van der Waals surface area contributed by atoms with E-state index in [1.807, 2.05) is 0 Å². The summed E-state index contributed by atoms with van der Waals surface area (Å²) in [5, 5.41) is 21.5. The van der Waals surface area contributed by atoms with Crippen LogP contribution in [0.4, 0.5) is 0 Å². The maximum atomic E-state index is 13.4. The standard InChI is InChI=1S/C23H18ClN3O8S/c1-35-23(34)14-12(28)7-8-13(29)16(14)25-15(10-5-3-2-4-6-10)19(30)26-17-20(31)27-18(22(32)33)11(24)9-36-21(17)27/h2-8,15,17,21,28H,9H2,1H3,(H,26,30)(H,32,33)/t15-,17-,21-/m1/s1. The van der Waals surface area contributed by atoms with E-state index in [1.54, 1.807) is 30.3 Å². The van der Waals surface area contributed by atoms with E-state index in [1.165, 1.54) is 11.8 Å². The number of carbonyl (C=O) groups is 5. The van der Waals surface area contributed by atoms with E-state index in [4.69, 9.17) is 11.6 Å². The van der Waals surface area contributed by atoms with Crippen molar-refractivity contribution in [1.82, 2.24) is 10.2 Å². The molecule has 36 heavy (non-hydrogen) atoms. The number of halogens is 1. The molecule has 1 aromatic carbocycles. The average Bonchev–Trinajstić information content (AvgIpc) is 2.87. The van der Waals surface area contributed by atoms with Crippen LogP contribution in [0, 0.1) is 0 Å². The summed E-state index contributed by atoms with van der Waals surface area (Å²) < 4.78 is 4.65. The van der Waals surface area contributed by atoms with Crippen molar-refractivity contribution < 1.29 is 38.9 Å². The van der Waals surface area contributed by atoms with Gasteiger partial charge in [0, 0.05) is 5.75 Å². The summed E-state index contributed by atoms with van der Waals surface area (Å²) in [4.78, 5) is 67.7.